The van der Waals surface area contributed by atoms with E-state index in [-0.39, 0.29) is 12.6 Å². The van der Waals surface area contributed by atoms with Crippen LogP contribution >= 0.6 is 0 Å². The van der Waals surface area contributed by atoms with Crippen molar-refractivity contribution in [2.75, 3.05) is 47.0 Å². The number of aliphatic hydroxyl groups excluding tert-OH is 1. The van der Waals surface area contributed by atoms with Crippen molar-refractivity contribution in [2.24, 2.45) is 12.0 Å². The molecule has 30 heavy (non-hydrogen) atoms. The number of nitrogens with one attached hydrogen (secondary N) is 1. The monoisotopic (exact) mass is 417 g/mol. The van der Waals surface area contributed by atoms with Crippen LogP contribution < -0.4 is 14.8 Å². The third-order valence-corrected chi connectivity index (χ3v) is 5.01. The maximum Gasteiger partial charge on any atom is 0.194 e. The molecule has 1 aliphatic heterocycles. The highest BCUT2D eigenvalue weighted by Gasteiger charge is 2.25. The zero-order valence-electron chi connectivity index (χ0n) is 18.0. The van der Waals surface area contributed by atoms with Crippen LogP contribution in [-0.2, 0) is 11.8 Å². The Morgan fingerprint density at radius 1 is 1.40 bits per heavy atom. The Hall–Kier alpha value is -2.78. The number of hydrogen-bond acceptors (Lipinski definition) is 6. The fourth-order valence-electron chi connectivity index (χ4n) is 3.45. The number of benzene rings is 1. The number of hydrogen-bond donors (Lipinski definition) is 2. The van der Waals surface area contributed by atoms with Crippen LogP contribution in [0.25, 0.3) is 0 Å². The van der Waals surface area contributed by atoms with E-state index in [0.29, 0.717) is 30.2 Å². The number of aromatic nitrogens is 2. The maximum atomic E-state index is 10.8. The number of methoxy groups -OCH3 is 2. The Labute approximate surface area is 177 Å². The van der Waals surface area contributed by atoms with E-state index < -0.39 is 6.10 Å². The van der Waals surface area contributed by atoms with Crippen molar-refractivity contribution < 1.29 is 19.3 Å². The van der Waals surface area contributed by atoms with E-state index in [4.69, 9.17) is 14.2 Å². The van der Waals surface area contributed by atoms with Crippen LogP contribution in [0.4, 0.5) is 0 Å². The van der Waals surface area contributed by atoms with Crippen molar-refractivity contribution in [3.63, 3.8) is 0 Å². The lowest BCUT2D eigenvalue weighted by Gasteiger charge is -2.35. The fourth-order valence-corrected chi connectivity index (χ4v) is 3.45. The molecule has 2 aromatic rings. The van der Waals surface area contributed by atoms with Gasteiger partial charge in [-0.25, -0.2) is 0 Å². The molecule has 1 saturated heterocycles. The van der Waals surface area contributed by atoms with Gasteiger partial charge in [-0.05, 0) is 25.1 Å². The van der Waals surface area contributed by atoms with Crippen molar-refractivity contribution in [3.05, 3.63) is 41.7 Å². The zero-order chi connectivity index (χ0) is 21.5. The van der Waals surface area contributed by atoms with E-state index in [2.05, 4.69) is 20.3 Å². The van der Waals surface area contributed by atoms with E-state index in [0.717, 1.165) is 24.6 Å². The zero-order valence-corrected chi connectivity index (χ0v) is 18.0. The van der Waals surface area contributed by atoms with Gasteiger partial charge in [0, 0.05) is 37.5 Å². The molecule has 1 aromatic carbocycles. The van der Waals surface area contributed by atoms with Crippen LogP contribution in [0.15, 0.2) is 35.6 Å². The minimum Gasteiger partial charge on any atom is -0.497 e. The van der Waals surface area contributed by atoms with E-state index in [1.54, 1.807) is 37.1 Å². The van der Waals surface area contributed by atoms with E-state index in [1.165, 1.54) is 0 Å². The highest BCUT2D eigenvalue weighted by molar-refractivity contribution is 5.80. The summed E-state index contributed by atoms with van der Waals surface area (Å²) < 4.78 is 18.4. The smallest absolute Gasteiger partial charge is 0.194 e. The highest BCUT2D eigenvalue weighted by Crippen LogP contribution is 2.29. The van der Waals surface area contributed by atoms with Crippen LogP contribution in [-0.4, -0.2) is 72.8 Å². The van der Waals surface area contributed by atoms with Gasteiger partial charge in [0.1, 0.15) is 23.7 Å². The number of nitrogens with zero attached hydrogens (tertiary/aromatic N) is 4. The highest BCUT2D eigenvalue weighted by atomic mass is 16.5. The molecule has 164 valence electrons. The van der Waals surface area contributed by atoms with Gasteiger partial charge in [0.15, 0.2) is 5.96 Å². The van der Waals surface area contributed by atoms with Crippen molar-refractivity contribution in [1.82, 2.24) is 20.0 Å². The molecule has 2 heterocycles. The average Bonchev–Trinajstić information content (AvgIpc) is 3.22. The van der Waals surface area contributed by atoms with Crippen LogP contribution in [0.1, 0.15) is 30.3 Å². The largest absolute Gasteiger partial charge is 0.497 e. The molecule has 0 saturated carbocycles. The predicted molar refractivity (Wildman–Crippen MR) is 114 cm³/mol. The number of guanidine groups is 1. The summed E-state index contributed by atoms with van der Waals surface area (Å²) in [6.07, 6.45) is 2.91. The number of ether oxygens (including phenoxy) is 3. The lowest BCUT2D eigenvalue weighted by Crippen LogP contribution is -2.48. The van der Waals surface area contributed by atoms with Crippen molar-refractivity contribution in [3.8, 4) is 11.5 Å². The second kappa shape index (κ2) is 10.3. The van der Waals surface area contributed by atoms with Gasteiger partial charge in [-0.3, -0.25) is 9.67 Å². The molecule has 2 unspecified atom stereocenters. The Morgan fingerprint density at radius 3 is 2.90 bits per heavy atom. The average molecular weight is 418 g/mol. The van der Waals surface area contributed by atoms with Gasteiger partial charge in [-0.1, -0.05) is 0 Å². The molecule has 0 spiro atoms. The minimum atomic E-state index is -0.820. The Morgan fingerprint density at radius 2 is 2.23 bits per heavy atom. The summed E-state index contributed by atoms with van der Waals surface area (Å²) in [5.74, 6) is 2.01. The van der Waals surface area contributed by atoms with Crippen LogP contribution in [0.2, 0.25) is 0 Å². The summed E-state index contributed by atoms with van der Waals surface area (Å²) in [6, 6.07) is 5.36. The van der Waals surface area contributed by atoms with Crippen LogP contribution in [0.3, 0.4) is 0 Å². The molecule has 1 aromatic heterocycles. The van der Waals surface area contributed by atoms with Gasteiger partial charge in [-0.15, -0.1) is 0 Å². The van der Waals surface area contributed by atoms with Gasteiger partial charge >= 0.3 is 0 Å². The van der Waals surface area contributed by atoms with Gasteiger partial charge < -0.3 is 29.5 Å². The van der Waals surface area contributed by atoms with Gasteiger partial charge in [-0.2, -0.15) is 5.10 Å². The molecule has 9 nitrogen and oxygen atoms in total. The fraction of sp³-hybridized carbons (Fsp3) is 0.524. The summed E-state index contributed by atoms with van der Waals surface area (Å²) in [5, 5.41) is 18.3. The third-order valence-electron chi connectivity index (χ3n) is 5.01. The normalized spacial score (nSPS) is 18.2. The molecule has 0 radical (unpaired) electrons. The molecular weight excluding hydrogens is 386 g/mol. The number of aliphatic imine (C=N–C) groups is 1. The summed E-state index contributed by atoms with van der Waals surface area (Å²) in [4.78, 5) is 6.84. The summed E-state index contributed by atoms with van der Waals surface area (Å²) >= 11 is 0. The molecule has 0 amide bonds. The van der Waals surface area contributed by atoms with E-state index in [1.807, 2.05) is 26.4 Å². The van der Waals surface area contributed by atoms with Gasteiger partial charge in [0.25, 0.3) is 0 Å². The topological polar surface area (TPSA) is 93.4 Å². The number of aliphatic hydroxyl groups is 1. The van der Waals surface area contributed by atoms with Crippen molar-refractivity contribution >= 4 is 5.96 Å². The van der Waals surface area contributed by atoms with Crippen molar-refractivity contribution in [2.45, 2.75) is 19.1 Å². The lowest BCUT2D eigenvalue weighted by atomic mass is 10.1. The Kier molecular flexibility index (Phi) is 7.53. The summed E-state index contributed by atoms with van der Waals surface area (Å²) in [7, 11) is 5.07. The number of morpholine rings is 1. The molecule has 9 heteroatoms. The lowest BCUT2D eigenvalue weighted by molar-refractivity contribution is -0.00811. The van der Waals surface area contributed by atoms with E-state index >= 15 is 0 Å². The first-order valence-electron chi connectivity index (χ1n) is 10.1. The van der Waals surface area contributed by atoms with Crippen LogP contribution in [0, 0.1) is 0 Å². The Bertz CT molecular complexity index is 854. The summed E-state index contributed by atoms with van der Waals surface area (Å²) in [5.41, 5.74) is 1.69. The third kappa shape index (κ3) is 5.22. The Balaban J connectivity index is 1.74. The first-order valence-corrected chi connectivity index (χ1v) is 10.1. The molecule has 3 rings (SSSR count). The van der Waals surface area contributed by atoms with Crippen molar-refractivity contribution in [1.29, 1.82) is 0 Å². The second-order valence-electron chi connectivity index (χ2n) is 7.07. The first kappa shape index (κ1) is 21.9. The van der Waals surface area contributed by atoms with Gasteiger partial charge in [0.05, 0.1) is 40.1 Å². The molecule has 2 N–H and O–H groups in total. The predicted octanol–water partition coefficient (Wildman–Crippen LogP) is 1.51. The minimum absolute atomic E-state index is 0.0697. The van der Waals surface area contributed by atoms with Gasteiger partial charge in [0.2, 0.25) is 0 Å². The molecule has 0 bridgehead atoms. The second-order valence-corrected chi connectivity index (χ2v) is 7.07. The molecular formula is C21H31N5O4. The molecule has 1 fully saturated rings. The molecule has 1 aliphatic rings. The maximum absolute atomic E-state index is 10.8. The van der Waals surface area contributed by atoms with Crippen LogP contribution in [0.5, 0.6) is 11.5 Å². The molecule has 2 atom stereocenters. The SMILES string of the molecule is CCNC(=NCC(O)c1cc(OC)ccc1OC)N1CCOC(c2cnn(C)c2)C1. The standard InChI is InChI=1S/C21H31N5O4/c1-5-22-21(26-8-9-30-20(14-26)15-11-24-25(2)13-15)23-12-18(27)17-10-16(28-3)6-7-19(17)29-4/h6-7,10-11,13,18,20,27H,5,8-9,12,14H2,1-4H3,(H,22,23). The number of rotatable bonds is 7. The first-order chi connectivity index (χ1) is 14.5. The number of aryl methyl sites for hydroxylation is 1. The molecule has 0 aliphatic carbocycles. The quantitative estimate of drug-likeness (QED) is 0.521. The van der Waals surface area contributed by atoms with E-state index in [9.17, 15) is 5.11 Å². The summed E-state index contributed by atoms with van der Waals surface area (Å²) in [6.45, 7) is 4.93.